The van der Waals surface area contributed by atoms with Crippen LogP contribution in [0.1, 0.15) is 38.9 Å². The Labute approximate surface area is 173 Å². The van der Waals surface area contributed by atoms with E-state index in [4.69, 9.17) is 4.98 Å². The number of aryl methyl sites for hydroxylation is 4. The predicted octanol–water partition coefficient (Wildman–Crippen LogP) is 5.69. The van der Waals surface area contributed by atoms with Crippen molar-refractivity contribution in [2.75, 3.05) is 10.7 Å². The molecule has 0 bridgehead atoms. The monoisotopic (exact) mass is 406 g/mol. The Kier molecular flexibility index (Phi) is 4.52. The number of benzene rings is 2. The maximum atomic E-state index is 12.8. The van der Waals surface area contributed by atoms with Crippen molar-refractivity contribution < 1.29 is 4.79 Å². The number of carbonyl (C=O) groups is 1. The van der Waals surface area contributed by atoms with Gasteiger partial charge in [0.2, 0.25) is 5.91 Å². The number of hydrogen-bond donors (Lipinski definition) is 0. The van der Waals surface area contributed by atoms with Crippen molar-refractivity contribution in [1.82, 2.24) is 4.98 Å². The molecule has 142 valence electrons. The first-order valence-corrected chi connectivity index (χ1v) is 11.6. The Morgan fingerprint density at radius 2 is 1.86 bits per heavy atom. The number of thioether (sulfide) groups is 1. The summed E-state index contributed by atoms with van der Waals surface area (Å²) in [5.74, 6) is 0.668. The second-order valence-corrected chi connectivity index (χ2v) is 9.68. The van der Waals surface area contributed by atoms with Crippen molar-refractivity contribution in [3.8, 4) is 11.3 Å². The maximum Gasteiger partial charge on any atom is 0.240 e. The van der Waals surface area contributed by atoms with Crippen molar-refractivity contribution in [1.29, 1.82) is 0 Å². The van der Waals surface area contributed by atoms with E-state index in [2.05, 4.69) is 38.1 Å². The third kappa shape index (κ3) is 2.97. The van der Waals surface area contributed by atoms with E-state index in [0.717, 1.165) is 35.7 Å². The summed E-state index contributed by atoms with van der Waals surface area (Å²) in [5, 5.41) is 0.864. The molecule has 1 atom stereocenters. The lowest BCUT2D eigenvalue weighted by Gasteiger charge is -2.21. The minimum Gasteiger partial charge on any atom is -0.273 e. The number of thiazole rings is 1. The molecule has 1 aromatic heterocycles. The van der Waals surface area contributed by atoms with E-state index in [1.165, 1.54) is 27.1 Å². The van der Waals surface area contributed by atoms with Gasteiger partial charge < -0.3 is 0 Å². The van der Waals surface area contributed by atoms with Gasteiger partial charge in [-0.15, -0.1) is 23.1 Å². The molecule has 0 spiro atoms. The van der Waals surface area contributed by atoms with E-state index in [0.29, 0.717) is 5.75 Å². The van der Waals surface area contributed by atoms with Crippen molar-refractivity contribution >= 4 is 34.1 Å². The lowest BCUT2D eigenvalue weighted by Crippen LogP contribution is -2.27. The average molecular weight is 407 g/mol. The number of hydrogen-bond acceptors (Lipinski definition) is 4. The number of rotatable bonds is 2. The summed E-state index contributed by atoms with van der Waals surface area (Å²) in [7, 11) is 0. The van der Waals surface area contributed by atoms with E-state index in [9.17, 15) is 4.79 Å². The van der Waals surface area contributed by atoms with Crippen LogP contribution in [0.4, 0.5) is 5.13 Å². The first kappa shape index (κ1) is 18.0. The van der Waals surface area contributed by atoms with Crippen LogP contribution in [0.3, 0.4) is 0 Å². The topological polar surface area (TPSA) is 33.2 Å². The molecule has 1 aliphatic carbocycles. The van der Waals surface area contributed by atoms with Gasteiger partial charge in [0.15, 0.2) is 5.13 Å². The Morgan fingerprint density at radius 3 is 2.68 bits per heavy atom. The van der Waals surface area contributed by atoms with Gasteiger partial charge in [-0.3, -0.25) is 9.69 Å². The molecule has 5 rings (SSSR count). The lowest BCUT2D eigenvalue weighted by molar-refractivity contribution is -0.115. The summed E-state index contributed by atoms with van der Waals surface area (Å²) >= 11 is 3.39. The van der Waals surface area contributed by atoms with Crippen LogP contribution in [0, 0.1) is 13.8 Å². The molecule has 2 aromatic carbocycles. The molecule has 1 fully saturated rings. The van der Waals surface area contributed by atoms with Crippen molar-refractivity contribution in [2.45, 2.75) is 38.5 Å². The standard InChI is InChI=1S/C23H22N2OS2/c1-14-11-17-9-6-10-19-21(18(17)12-15(14)2)24-23(28-19)25-20(26)13-27-22(25)16-7-4-3-5-8-16/h3-5,7-8,11-12,22H,6,9-10,13H2,1-2H3. The van der Waals surface area contributed by atoms with Gasteiger partial charge in [0.25, 0.3) is 0 Å². The number of anilines is 1. The van der Waals surface area contributed by atoms with E-state index < -0.39 is 0 Å². The summed E-state index contributed by atoms with van der Waals surface area (Å²) in [4.78, 5) is 21.0. The zero-order chi connectivity index (χ0) is 19.3. The van der Waals surface area contributed by atoms with Gasteiger partial charge in [0, 0.05) is 10.4 Å². The number of amides is 1. The lowest BCUT2D eigenvalue weighted by atomic mass is 9.97. The SMILES string of the molecule is Cc1cc2c(cc1C)-c1nc(N3C(=O)CSC3c3ccccc3)sc1CCC2. The number of fused-ring (bicyclic) bond motifs is 3. The highest BCUT2D eigenvalue weighted by atomic mass is 32.2. The fraction of sp³-hybridized carbons (Fsp3) is 0.304. The molecule has 1 amide bonds. The third-order valence-electron chi connectivity index (χ3n) is 5.67. The van der Waals surface area contributed by atoms with Crippen molar-refractivity contribution in [3.05, 3.63) is 69.6 Å². The molecule has 3 nitrogen and oxygen atoms in total. The highest BCUT2D eigenvalue weighted by Crippen LogP contribution is 2.46. The number of aromatic nitrogens is 1. The molecule has 0 N–H and O–H groups in total. The first-order chi connectivity index (χ1) is 13.6. The Hall–Kier alpha value is -2.11. The van der Waals surface area contributed by atoms with Crippen LogP contribution in [0.25, 0.3) is 11.3 Å². The summed E-state index contributed by atoms with van der Waals surface area (Å²) in [5.41, 5.74) is 7.54. The summed E-state index contributed by atoms with van der Waals surface area (Å²) in [6, 6.07) is 14.9. The van der Waals surface area contributed by atoms with Crippen LogP contribution in [-0.4, -0.2) is 16.6 Å². The first-order valence-electron chi connectivity index (χ1n) is 9.70. The molecule has 3 aromatic rings. The van der Waals surface area contributed by atoms with Gasteiger partial charge in [0.1, 0.15) is 5.37 Å². The molecule has 0 saturated carbocycles. The van der Waals surface area contributed by atoms with E-state index in [1.54, 1.807) is 23.1 Å². The molecule has 0 radical (unpaired) electrons. The number of carbonyl (C=O) groups excluding carboxylic acids is 1. The van der Waals surface area contributed by atoms with Gasteiger partial charge in [-0.1, -0.05) is 36.4 Å². The highest BCUT2D eigenvalue weighted by molar-refractivity contribution is 8.00. The minimum absolute atomic E-state index is 0.0164. The van der Waals surface area contributed by atoms with Crippen LogP contribution in [0.15, 0.2) is 42.5 Å². The van der Waals surface area contributed by atoms with Gasteiger partial charge in [-0.05, 0) is 61.4 Å². The molecule has 5 heteroatoms. The Morgan fingerprint density at radius 1 is 1.07 bits per heavy atom. The third-order valence-corrected chi connectivity index (χ3v) is 8.00. The fourth-order valence-electron chi connectivity index (χ4n) is 4.06. The molecule has 1 unspecified atom stereocenters. The van der Waals surface area contributed by atoms with Gasteiger partial charge >= 0.3 is 0 Å². The van der Waals surface area contributed by atoms with Crippen LogP contribution >= 0.6 is 23.1 Å². The molecular formula is C23H22N2OS2. The summed E-state index contributed by atoms with van der Waals surface area (Å²) < 4.78 is 0. The number of nitrogens with zero attached hydrogens (tertiary/aromatic N) is 2. The largest absolute Gasteiger partial charge is 0.273 e. The zero-order valence-electron chi connectivity index (χ0n) is 16.1. The molecule has 2 aliphatic rings. The van der Waals surface area contributed by atoms with Crippen LogP contribution in [0.2, 0.25) is 0 Å². The normalized spacial score (nSPS) is 18.7. The second-order valence-electron chi connectivity index (χ2n) is 7.55. The predicted molar refractivity (Wildman–Crippen MR) is 118 cm³/mol. The highest BCUT2D eigenvalue weighted by Gasteiger charge is 2.36. The van der Waals surface area contributed by atoms with Gasteiger partial charge in [-0.2, -0.15) is 0 Å². The zero-order valence-corrected chi connectivity index (χ0v) is 17.7. The summed E-state index contributed by atoms with van der Waals surface area (Å²) in [6.07, 6.45) is 3.26. The Bertz CT molecular complexity index is 1060. The fourth-order valence-corrected chi connectivity index (χ4v) is 6.44. The van der Waals surface area contributed by atoms with Crippen LogP contribution in [0.5, 0.6) is 0 Å². The minimum atomic E-state index is 0.0164. The molecular weight excluding hydrogens is 384 g/mol. The quantitative estimate of drug-likeness (QED) is 0.548. The maximum absolute atomic E-state index is 12.8. The van der Waals surface area contributed by atoms with E-state index in [1.807, 2.05) is 23.1 Å². The van der Waals surface area contributed by atoms with Crippen LogP contribution in [-0.2, 0) is 17.6 Å². The average Bonchev–Trinajstić information content (AvgIpc) is 3.24. The van der Waals surface area contributed by atoms with Crippen molar-refractivity contribution in [2.24, 2.45) is 0 Å². The molecule has 1 saturated heterocycles. The van der Waals surface area contributed by atoms with E-state index in [-0.39, 0.29) is 11.3 Å². The van der Waals surface area contributed by atoms with Gasteiger partial charge in [0.05, 0.1) is 11.4 Å². The molecule has 1 aliphatic heterocycles. The van der Waals surface area contributed by atoms with Crippen molar-refractivity contribution in [3.63, 3.8) is 0 Å². The smallest absolute Gasteiger partial charge is 0.240 e. The molecule has 28 heavy (non-hydrogen) atoms. The molecule has 2 heterocycles. The van der Waals surface area contributed by atoms with E-state index >= 15 is 0 Å². The van der Waals surface area contributed by atoms with Gasteiger partial charge in [-0.25, -0.2) is 4.98 Å². The Balaban J connectivity index is 1.60. The summed E-state index contributed by atoms with van der Waals surface area (Å²) in [6.45, 7) is 4.35. The van der Waals surface area contributed by atoms with Crippen LogP contribution < -0.4 is 4.90 Å². The second kappa shape index (κ2) is 7.05.